The third-order valence-electron chi connectivity index (χ3n) is 8.68. The number of nitrogens with zero attached hydrogens (tertiary/aromatic N) is 2. The van der Waals surface area contributed by atoms with Crippen LogP contribution in [-0.2, 0) is 6.37 Å². The standard InChI is InChI=1S/C41H28N2O/c1-2-39-42-35-16-8-9-17-36(35)43(39)28-22-19-26(20-23-28)40-30-12-3-5-14-32(30)41(33-15-6-4-13-31(33)40)27-21-24-38-34(25-27)29-11-7-10-18-37(29)44-38/h3-25H,2H2,1H3/i1D3,2D2. The number of hydrogen-bond donors (Lipinski definition) is 0. The van der Waals surface area contributed by atoms with E-state index in [4.69, 9.17) is 11.3 Å². The molecule has 7 aromatic carbocycles. The molecule has 208 valence electrons. The van der Waals surface area contributed by atoms with Gasteiger partial charge in [-0.25, -0.2) is 4.98 Å². The number of aromatic nitrogens is 2. The minimum absolute atomic E-state index is 0.149. The Morgan fingerprint density at radius 3 is 1.86 bits per heavy atom. The first-order valence-electron chi connectivity index (χ1n) is 17.1. The second-order valence-electron chi connectivity index (χ2n) is 11.1. The average Bonchev–Trinajstić information content (AvgIpc) is 3.69. The largest absolute Gasteiger partial charge is 0.456 e. The molecule has 0 saturated heterocycles. The Kier molecular flexibility index (Phi) is 4.46. The molecule has 9 rings (SSSR count). The van der Waals surface area contributed by atoms with Crippen LogP contribution < -0.4 is 0 Å². The van der Waals surface area contributed by atoms with Crippen LogP contribution in [0.25, 0.3) is 82.5 Å². The van der Waals surface area contributed by atoms with Crippen molar-refractivity contribution < 1.29 is 11.3 Å². The molecular formula is C41H28N2O. The van der Waals surface area contributed by atoms with Crippen LogP contribution in [0, 0.1) is 0 Å². The molecule has 2 aromatic heterocycles. The molecule has 0 fully saturated rings. The van der Waals surface area contributed by atoms with Crippen LogP contribution in [0.1, 0.15) is 19.5 Å². The second-order valence-corrected chi connectivity index (χ2v) is 11.1. The molecule has 3 nitrogen and oxygen atoms in total. The summed E-state index contributed by atoms with van der Waals surface area (Å²) < 4.78 is 48.8. The highest BCUT2D eigenvalue weighted by molar-refractivity contribution is 6.22. The third-order valence-corrected chi connectivity index (χ3v) is 8.68. The number of imidazole rings is 1. The topological polar surface area (TPSA) is 31.0 Å². The van der Waals surface area contributed by atoms with Crippen molar-refractivity contribution in [2.24, 2.45) is 0 Å². The first-order valence-corrected chi connectivity index (χ1v) is 14.6. The molecule has 2 heterocycles. The maximum Gasteiger partial charge on any atom is 0.135 e. The highest BCUT2D eigenvalue weighted by Crippen LogP contribution is 2.44. The van der Waals surface area contributed by atoms with Gasteiger partial charge in [0, 0.05) is 29.7 Å². The zero-order valence-electron chi connectivity index (χ0n) is 28.6. The Hall–Kier alpha value is -5.67. The fraction of sp³-hybridized carbons (Fsp3) is 0.0488. The van der Waals surface area contributed by atoms with Crippen molar-refractivity contribution >= 4 is 54.5 Å². The fourth-order valence-corrected chi connectivity index (χ4v) is 6.78. The maximum absolute atomic E-state index is 8.58. The van der Waals surface area contributed by atoms with Crippen molar-refractivity contribution in [3.8, 4) is 27.9 Å². The lowest BCUT2D eigenvalue weighted by Crippen LogP contribution is -2.00. The molecule has 0 amide bonds. The van der Waals surface area contributed by atoms with Gasteiger partial charge in [0.25, 0.3) is 0 Å². The summed E-state index contributed by atoms with van der Waals surface area (Å²) in [4.78, 5) is 4.48. The van der Waals surface area contributed by atoms with Crippen molar-refractivity contribution in [2.45, 2.75) is 13.2 Å². The van der Waals surface area contributed by atoms with E-state index in [1.807, 2.05) is 60.7 Å². The second kappa shape index (κ2) is 9.68. The molecule has 0 aliphatic heterocycles. The van der Waals surface area contributed by atoms with Gasteiger partial charge in [-0.1, -0.05) is 104 Å². The predicted octanol–water partition coefficient (Wildman–Crippen LogP) is 11.1. The zero-order chi connectivity index (χ0) is 33.5. The van der Waals surface area contributed by atoms with Crippen LogP contribution in [0.5, 0.6) is 0 Å². The number of fused-ring (bicyclic) bond motifs is 6. The Labute approximate surface area is 261 Å². The van der Waals surface area contributed by atoms with Crippen LogP contribution in [-0.4, -0.2) is 9.55 Å². The summed E-state index contributed by atoms with van der Waals surface area (Å²) in [5.41, 5.74) is 7.87. The number of hydrogen-bond acceptors (Lipinski definition) is 2. The van der Waals surface area contributed by atoms with Crippen LogP contribution in [0.2, 0.25) is 0 Å². The van der Waals surface area contributed by atoms with Gasteiger partial charge in [0.05, 0.1) is 11.0 Å². The highest BCUT2D eigenvalue weighted by atomic mass is 16.3. The number of aryl methyl sites for hydroxylation is 1. The Balaban J connectivity index is 1.25. The maximum atomic E-state index is 8.58. The van der Waals surface area contributed by atoms with Gasteiger partial charge in [0.2, 0.25) is 0 Å². The Bertz CT molecular complexity index is 2680. The van der Waals surface area contributed by atoms with E-state index in [2.05, 4.69) is 77.8 Å². The fourth-order valence-electron chi connectivity index (χ4n) is 6.78. The summed E-state index contributed by atoms with van der Waals surface area (Å²) in [6, 6.07) is 46.6. The van der Waals surface area contributed by atoms with Crippen molar-refractivity contribution in [3.63, 3.8) is 0 Å². The summed E-state index contributed by atoms with van der Waals surface area (Å²) >= 11 is 0. The summed E-state index contributed by atoms with van der Waals surface area (Å²) in [6.45, 7) is -2.90. The van der Waals surface area contributed by atoms with Crippen molar-refractivity contribution in [1.82, 2.24) is 9.55 Å². The first kappa shape index (κ1) is 20.3. The third kappa shape index (κ3) is 3.66. The Morgan fingerprint density at radius 2 is 1.16 bits per heavy atom. The van der Waals surface area contributed by atoms with Crippen LogP contribution >= 0.6 is 0 Å². The van der Waals surface area contributed by atoms with E-state index in [0.29, 0.717) is 16.7 Å². The van der Waals surface area contributed by atoms with E-state index in [1.54, 1.807) is 10.6 Å². The number of rotatable bonds is 4. The van der Waals surface area contributed by atoms with E-state index in [-0.39, 0.29) is 5.82 Å². The smallest absolute Gasteiger partial charge is 0.135 e. The van der Waals surface area contributed by atoms with Gasteiger partial charge in [0.15, 0.2) is 0 Å². The quantitative estimate of drug-likeness (QED) is 0.197. The predicted molar refractivity (Wildman–Crippen MR) is 184 cm³/mol. The van der Waals surface area contributed by atoms with Gasteiger partial charge in [-0.15, -0.1) is 0 Å². The lowest BCUT2D eigenvalue weighted by Gasteiger charge is -2.18. The van der Waals surface area contributed by atoms with Gasteiger partial charge >= 0.3 is 0 Å². The van der Waals surface area contributed by atoms with Gasteiger partial charge in [0.1, 0.15) is 17.0 Å². The highest BCUT2D eigenvalue weighted by Gasteiger charge is 2.18. The summed E-state index contributed by atoms with van der Waals surface area (Å²) in [7, 11) is 0. The SMILES string of the molecule is [2H]C([2H])([2H])C([2H])([2H])c1nc2ccccc2n1-c1ccc(-c2c3ccccc3c(-c3ccc4oc5ccccc5c4c3)c3ccccc23)cc1. The molecular weight excluding hydrogens is 536 g/mol. The zero-order valence-corrected chi connectivity index (χ0v) is 23.6. The van der Waals surface area contributed by atoms with Crippen molar-refractivity contribution in [2.75, 3.05) is 0 Å². The number of benzene rings is 7. The van der Waals surface area contributed by atoms with E-state index >= 15 is 0 Å². The summed E-state index contributed by atoms with van der Waals surface area (Å²) in [5.74, 6) is -0.149. The lowest BCUT2D eigenvalue weighted by molar-refractivity contribution is 0.669. The van der Waals surface area contributed by atoms with Gasteiger partial charge < -0.3 is 4.42 Å². The molecule has 0 bridgehead atoms. The van der Waals surface area contributed by atoms with Gasteiger partial charge in [-0.3, -0.25) is 4.57 Å². The minimum atomic E-state index is -2.90. The molecule has 0 spiro atoms. The molecule has 0 unspecified atom stereocenters. The molecule has 0 N–H and O–H groups in total. The molecule has 0 radical (unpaired) electrons. The minimum Gasteiger partial charge on any atom is -0.456 e. The Morgan fingerprint density at radius 1 is 0.591 bits per heavy atom. The van der Waals surface area contributed by atoms with Crippen LogP contribution in [0.3, 0.4) is 0 Å². The van der Waals surface area contributed by atoms with E-state index < -0.39 is 13.2 Å². The first-order chi connectivity index (χ1) is 23.7. The van der Waals surface area contributed by atoms with Crippen molar-refractivity contribution in [1.29, 1.82) is 0 Å². The molecule has 0 aliphatic rings. The molecule has 9 aromatic rings. The van der Waals surface area contributed by atoms with E-state index in [1.165, 1.54) is 0 Å². The van der Waals surface area contributed by atoms with Gasteiger partial charge in [-0.05, 0) is 86.3 Å². The number of para-hydroxylation sites is 3. The summed E-state index contributed by atoms with van der Waals surface area (Å²) in [5, 5.41) is 6.63. The van der Waals surface area contributed by atoms with E-state index in [0.717, 1.165) is 65.7 Å². The normalized spacial score (nSPS) is 14.1. The monoisotopic (exact) mass is 569 g/mol. The molecule has 0 aliphatic carbocycles. The number of furan rings is 1. The molecule has 3 heteroatoms. The van der Waals surface area contributed by atoms with Crippen LogP contribution in [0.15, 0.2) is 144 Å². The van der Waals surface area contributed by atoms with Crippen molar-refractivity contribution in [3.05, 3.63) is 145 Å². The molecule has 0 saturated carbocycles. The molecule has 44 heavy (non-hydrogen) atoms. The molecule has 0 atom stereocenters. The van der Waals surface area contributed by atoms with E-state index in [9.17, 15) is 0 Å². The lowest BCUT2D eigenvalue weighted by atomic mass is 9.85. The van der Waals surface area contributed by atoms with Gasteiger partial charge in [-0.2, -0.15) is 0 Å². The average molecular weight is 570 g/mol. The summed E-state index contributed by atoms with van der Waals surface area (Å²) in [6.07, 6.45) is -2.67. The van der Waals surface area contributed by atoms with Crippen LogP contribution in [0.4, 0.5) is 0 Å².